The summed E-state index contributed by atoms with van der Waals surface area (Å²) in [6, 6.07) is 7.80. The van der Waals surface area contributed by atoms with Gasteiger partial charge in [-0.05, 0) is 42.2 Å². The van der Waals surface area contributed by atoms with Gasteiger partial charge in [0.25, 0.3) is 0 Å². The molecular weight excluding hydrogens is 346 g/mol. The Morgan fingerprint density at radius 1 is 1.12 bits per heavy atom. The van der Waals surface area contributed by atoms with Crippen LogP contribution in [0.2, 0.25) is 5.02 Å². The average Bonchev–Trinajstić information content (AvgIpc) is 2.60. The van der Waals surface area contributed by atoms with Gasteiger partial charge in [0.05, 0.1) is 11.3 Å². The maximum atomic E-state index is 12.6. The molecule has 0 radical (unpaired) electrons. The first-order chi connectivity index (χ1) is 12.5. The summed E-state index contributed by atoms with van der Waals surface area (Å²) in [7, 11) is 0. The molecule has 5 heteroatoms. The fraction of sp³-hybridized carbons (Fsp3) is 0.476. The van der Waals surface area contributed by atoms with Gasteiger partial charge in [0.2, 0.25) is 5.95 Å². The highest BCUT2D eigenvalue weighted by atomic mass is 35.5. The zero-order valence-corrected chi connectivity index (χ0v) is 16.0. The number of fused-ring (bicyclic) bond motifs is 1. The minimum absolute atomic E-state index is 0.0886. The molecule has 26 heavy (non-hydrogen) atoms. The number of Topliss-reactive ketones (excluding diaryl/α,β-unsaturated/α-hetero) is 1. The van der Waals surface area contributed by atoms with Crippen molar-refractivity contribution in [2.75, 3.05) is 18.0 Å². The van der Waals surface area contributed by atoms with Crippen LogP contribution in [0.25, 0.3) is 0 Å². The van der Waals surface area contributed by atoms with Crippen LogP contribution in [0.1, 0.15) is 54.2 Å². The monoisotopic (exact) mass is 369 g/mol. The smallest absolute Gasteiger partial charge is 0.225 e. The first kappa shape index (κ1) is 17.5. The Labute approximate surface area is 159 Å². The fourth-order valence-corrected chi connectivity index (χ4v) is 4.73. The molecule has 3 atom stereocenters. The van der Waals surface area contributed by atoms with Crippen molar-refractivity contribution in [3.05, 3.63) is 52.3 Å². The van der Waals surface area contributed by atoms with Crippen molar-refractivity contribution in [3.8, 4) is 0 Å². The Morgan fingerprint density at radius 3 is 2.58 bits per heavy atom. The molecule has 1 saturated heterocycles. The molecule has 1 aliphatic heterocycles. The molecule has 4 rings (SSSR count). The van der Waals surface area contributed by atoms with E-state index < -0.39 is 0 Å². The normalized spacial score (nSPS) is 25.9. The molecule has 136 valence electrons. The third kappa shape index (κ3) is 3.35. The Morgan fingerprint density at radius 2 is 1.85 bits per heavy atom. The summed E-state index contributed by atoms with van der Waals surface area (Å²) < 4.78 is 0. The van der Waals surface area contributed by atoms with Gasteiger partial charge in [-0.1, -0.05) is 43.6 Å². The van der Waals surface area contributed by atoms with Crippen LogP contribution in [-0.4, -0.2) is 28.8 Å². The molecule has 0 unspecified atom stereocenters. The number of hydrogen-bond donors (Lipinski definition) is 0. The van der Waals surface area contributed by atoms with Gasteiger partial charge in [0.15, 0.2) is 5.78 Å². The number of rotatable bonds is 2. The third-order valence-corrected chi connectivity index (χ3v) is 5.87. The van der Waals surface area contributed by atoms with E-state index in [1.807, 2.05) is 24.3 Å². The van der Waals surface area contributed by atoms with Crippen molar-refractivity contribution >= 4 is 23.3 Å². The minimum atomic E-state index is 0.0886. The van der Waals surface area contributed by atoms with Gasteiger partial charge in [-0.15, -0.1) is 0 Å². The molecule has 2 heterocycles. The number of carbonyl (C=O) groups excluding carboxylic acids is 1. The quantitative estimate of drug-likeness (QED) is 0.780. The molecule has 4 nitrogen and oxygen atoms in total. The van der Waals surface area contributed by atoms with Gasteiger partial charge in [-0.2, -0.15) is 0 Å². The van der Waals surface area contributed by atoms with E-state index in [1.54, 1.807) is 6.20 Å². The SMILES string of the molecule is C[C@H]1C[C@H](C)CN(c2ncc3c(n2)C[C@@H](c2ccccc2Cl)CC3=O)C1. The van der Waals surface area contributed by atoms with Crippen LogP contribution in [0.5, 0.6) is 0 Å². The Bertz CT molecular complexity index is 828. The van der Waals surface area contributed by atoms with Crippen molar-refractivity contribution in [2.24, 2.45) is 11.8 Å². The summed E-state index contributed by atoms with van der Waals surface area (Å²) in [6.45, 7) is 6.51. The number of nitrogens with zero attached hydrogens (tertiary/aromatic N) is 3. The van der Waals surface area contributed by atoms with Crippen molar-refractivity contribution in [2.45, 2.75) is 39.0 Å². The summed E-state index contributed by atoms with van der Waals surface area (Å²) in [5, 5.41) is 0.724. The van der Waals surface area contributed by atoms with Gasteiger partial charge in [-0.3, -0.25) is 4.79 Å². The second-order valence-corrected chi connectivity index (χ2v) is 8.34. The molecule has 1 aromatic heterocycles. The van der Waals surface area contributed by atoms with E-state index in [2.05, 4.69) is 23.7 Å². The molecule has 2 aromatic rings. The van der Waals surface area contributed by atoms with E-state index in [-0.39, 0.29) is 11.7 Å². The van der Waals surface area contributed by atoms with E-state index in [9.17, 15) is 4.79 Å². The molecule has 0 N–H and O–H groups in total. The lowest BCUT2D eigenvalue weighted by Gasteiger charge is -2.35. The van der Waals surface area contributed by atoms with Gasteiger partial charge in [0.1, 0.15) is 0 Å². The van der Waals surface area contributed by atoms with Crippen molar-refractivity contribution < 1.29 is 4.79 Å². The number of carbonyl (C=O) groups is 1. The summed E-state index contributed by atoms with van der Waals surface area (Å²) in [5.41, 5.74) is 2.57. The minimum Gasteiger partial charge on any atom is -0.340 e. The third-order valence-electron chi connectivity index (χ3n) is 5.52. The van der Waals surface area contributed by atoms with Crippen molar-refractivity contribution in [1.29, 1.82) is 0 Å². The van der Waals surface area contributed by atoms with E-state index in [1.165, 1.54) is 6.42 Å². The van der Waals surface area contributed by atoms with E-state index in [0.29, 0.717) is 23.8 Å². The maximum Gasteiger partial charge on any atom is 0.225 e. The summed E-state index contributed by atoms with van der Waals surface area (Å²) in [6.07, 6.45) is 4.18. The van der Waals surface area contributed by atoms with E-state index in [4.69, 9.17) is 16.6 Å². The Balaban J connectivity index is 1.64. The van der Waals surface area contributed by atoms with Crippen LogP contribution >= 0.6 is 11.6 Å². The highest BCUT2D eigenvalue weighted by Crippen LogP contribution is 2.35. The van der Waals surface area contributed by atoms with Crippen LogP contribution in [0.3, 0.4) is 0 Å². The maximum absolute atomic E-state index is 12.6. The molecule has 0 bridgehead atoms. The zero-order valence-electron chi connectivity index (χ0n) is 15.3. The lowest BCUT2D eigenvalue weighted by molar-refractivity contribution is 0.0962. The number of piperidine rings is 1. The first-order valence-electron chi connectivity index (χ1n) is 9.39. The average molecular weight is 370 g/mol. The molecule has 1 aromatic carbocycles. The summed E-state index contributed by atoms with van der Waals surface area (Å²) in [5.74, 6) is 2.23. The number of anilines is 1. The lowest BCUT2D eigenvalue weighted by atomic mass is 9.82. The van der Waals surface area contributed by atoms with Gasteiger partial charge in [-0.25, -0.2) is 9.97 Å². The number of ketones is 1. The van der Waals surface area contributed by atoms with Crippen LogP contribution in [0, 0.1) is 11.8 Å². The molecular formula is C21H24ClN3O. The van der Waals surface area contributed by atoms with E-state index >= 15 is 0 Å². The van der Waals surface area contributed by atoms with Crippen molar-refractivity contribution in [3.63, 3.8) is 0 Å². The topological polar surface area (TPSA) is 46.1 Å². The lowest BCUT2D eigenvalue weighted by Crippen LogP contribution is -2.40. The molecule has 0 spiro atoms. The van der Waals surface area contributed by atoms with Crippen molar-refractivity contribution in [1.82, 2.24) is 9.97 Å². The predicted molar refractivity (Wildman–Crippen MR) is 104 cm³/mol. The largest absolute Gasteiger partial charge is 0.340 e. The van der Waals surface area contributed by atoms with Crippen LogP contribution in [0.15, 0.2) is 30.5 Å². The number of aromatic nitrogens is 2. The number of benzene rings is 1. The second kappa shape index (κ2) is 6.99. The molecule has 2 aliphatic rings. The van der Waals surface area contributed by atoms with Gasteiger partial charge < -0.3 is 4.90 Å². The number of halogens is 1. The fourth-order valence-electron chi connectivity index (χ4n) is 4.44. The van der Waals surface area contributed by atoms with E-state index in [0.717, 1.165) is 41.7 Å². The first-order valence-corrected chi connectivity index (χ1v) is 9.77. The van der Waals surface area contributed by atoms with Crippen LogP contribution in [-0.2, 0) is 6.42 Å². The Kier molecular flexibility index (Phi) is 4.70. The van der Waals surface area contributed by atoms with Crippen LogP contribution < -0.4 is 4.90 Å². The van der Waals surface area contributed by atoms with Gasteiger partial charge in [0, 0.05) is 30.7 Å². The second-order valence-electron chi connectivity index (χ2n) is 7.93. The highest BCUT2D eigenvalue weighted by Gasteiger charge is 2.30. The van der Waals surface area contributed by atoms with Crippen LogP contribution in [0.4, 0.5) is 5.95 Å². The molecule has 0 saturated carbocycles. The standard InChI is InChI=1S/C21H24ClN3O/c1-13-7-14(2)12-25(11-13)21-23-10-17-19(24-21)8-15(9-20(17)26)16-5-3-4-6-18(16)22/h3-6,10,13-15H,7-9,11-12H2,1-2H3/t13-,14-,15+/m0/s1. The summed E-state index contributed by atoms with van der Waals surface area (Å²) >= 11 is 6.37. The molecule has 1 aliphatic carbocycles. The number of hydrogen-bond acceptors (Lipinski definition) is 4. The summed E-state index contributed by atoms with van der Waals surface area (Å²) in [4.78, 5) is 24.2. The van der Waals surface area contributed by atoms with Gasteiger partial charge >= 0.3 is 0 Å². The molecule has 1 fully saturated rings. The Hall–Kier alpha value is -1.94. The molecule has 0 amide bonds. The highest BCUT2D eigenvalue weighted by molar-refractivity contribution is 6.31. The zero-order chi connectivity index (χ0) is 18.3. The predicted octanol–water partition coefficient (Wildman–Crippen LogP) is 4.53.